The number of aryl methyl sites for hydroxylation is 1. The van der Waals surface area contributed by atoms with Gasteiger partial charge in [0.05, 0.1) is 22.2 Å². The van der Waals surface area contributed by atoms with Crippen molar-refractivity contribution >= 4 is 48.9 Å². The number of anilines is 2. The van der Waals surface area contributed by atoms with E-state index in [1.807, 2.05) is 0 Å². The average Bonchev–Trinajstić information content (AvgIpc) is 2.93. The van der Waals surface area contributed by atoms with Crippen LogP contribution in [0.1, 0.15) is 13.3 Å². The molecule has 0 radical (unpaired) electrons. The number of aromatic nitrogens is 1. The first-order valence-corrected chi connectivity index (χ1v) is 11.4. The van der Waals surface area contributed by atoms with Crippen molar-refractivity contribution in [3.8, 4) is 0 Å². The van der Waals surface area contributed by atoms with Crippen molar-refractivity contribution in [3.63, 3.8) is 0 Å². The molecule has 3 aromatic rings. The van der Waals surface area contributed by atoms with Gasteiger partial charge in [-0.3, -0.25) is 13.9 Å². The predicted octanol–water partition coefficient (Wildman–Crippen LogP) is 2.92. The van der Waals surface area contributed by atoms with Gasteiger partial charge in [-0.25, -0.2) is 12.8 Å². The van der Waals surface area contributed by atoms with Crippen LogP contribution in [0.3, 0.4) is 0 Å². The first kappa shape index (κ1) is 21.0. The number of fused-ring (bicyclic) bond motifs is 1. The number of hydrogen-bond acceptors (Lipinski definition) is 5. The van der Waals surface area contributed by atoms with E-state index in [1.165, 1.54) is 16.7 Å². The fraction of sp³-hybridized carbons (Fsp3) is 0.263. The van der Waals surface area contributed by atoms with Gasteiger partial charge in [0.1, 0.15) is 11.9 Å². The summed E-state index contributed by atoms with van der Waals surface area (Å²) in [5.74, 6) is -1.03. The summed E-state index contributed by atoms with van der Waals surface area (Å²) >= 11 is 1.06. The van der Waals surface area contributed by atoms with Gasteiger partial charge in [-0.1, -0.05) is 18.3 Å². The van der Waals surface area contributed by atoms with Crippen LogP contribution in [0.5, 0.6) is 0 Å². The maximum absolute atomic E-state index is 13.3. The summed E-state index contributed by atoms with van der Waals surface area (Å²) in [5, 5.41) is 2.72. The largest absolute Gasteiger partial charge is 0.324 e. The molecule has 2 aromatic carbocycles. The number of halogens is 1. The van der Waals surface area contributed by atoms with Gasteiger partial charge in [0.2, 0.25) is 15.9 Å². The van der Waals surface area contributed by atoms with Crippen LogP contribution in [0, 0.1) is 5.82 Å². The molecule has 0 aliphatic heterocycles. The van der Waals surface area contributed by atoms with E-state index in [0.29, 0.717) is 10.4 Å². The highest BCUT2D eigenvalue weighted by Gasteiger charge is 2.31. The van der Waals surface area contributed by atoms with Crippen LogP contribution in [-0.2, 0) is 21.9 Å². The number of benzene rings is 2. The molecule has 0 unspecified atom stereocenters. The third-order valence-corrected chi connectivity index (χ3v) is 6.65. The first-order valence-electron chi connectivity index (χ1n) is 8.77. The van der Waals surface area contributed by atoms with Crippen molar-refractivity contribution in [2.24, 2.45) is 7.05 Å². The van der Waals surface area contributed by atoms with Crippen LogP contribution in [0.4, 0.5) is 15.8 Å². The van der Waals surface area contributed by atoms with Crippen LogP contribution in [0.2, 0.25) is 0 Å². The molecule has 29 heavy (non-hydrogen) atoms. The molecule has 1 aromatic heterocycles. The molecule has 0 spiro atoms. The van der Waals surface area contributed by atoms with Crippen molar-refractivity contribution < 1.29 is 17.6 Å². The van der Waals surface area contributed by atoms with Crippen LogP contribution in [0.25, 0.3) is 10.2 Å². The minimum absolute atomic E-state index is 0.116. The van der Waals surface area contributed by atoms with Crippen LogP contribution < -0.4 is 14.5 Å². The quantitative estimate of drug-likeness (QED) is 0.642. The van der Waals surface area contributed by atoms with Gasteiger partial charge < -0.3 is 9.88 Å². The summed E-state index contributed by atoms with van der Waals surface area (Å²) in [4.78, 5) is 24.6. The molecule has 1 N–H and O–H groups in total. The third-order valence-electron chi connectivity index (χ3n) is 4.47. The molecule has 0 saturated carbocycles. The second-order valence-corrected chi connectivity index (χ2v) is 9.41. The zero-order chi connectivity index (χ0) is 21.3. The van der Waals surface area contributed by atoms with Gasteiger partial charge in [-0.15, -0.1) is 0 Å². The van der Waals surface area contributed by atoms with Crippen LogP contribution >= 0.6 is 11.3 Å². The monoisotopic (exact) mass is 437 g/mol. The summed E-state index contributed by atoms with van der Waals surface area (Å²) < 4.78 is 41.3. The highest BCUT2D eigenvalue weighted by molar-refractivity contribution is 7.92. The van der Waals surface area contributed by atoms with Gasteiger partial charge in [0.25, 0.3) is 0 Å². The van der Waals surface area contributed by atoms with Gasteiger partial charge in [-0.05, 0) is 48.9 Å². The van der Waals surface area contributed by atoms with E-state index >= 15 is 0 Å². The molecule has 10 heteroatoms. The van der Waals surface area contributed by atoms with Gasteiger partial charge in [0, 0.05) is 12.7 Å². The Morgan fingerprint density at radius 2 is 1.90 bits per heavy atom. The molecule has 1 heterocycles. The Bertz CT molecular complexity index is 1220. The van der Waals surface area contributed by atoms with E-state index in [1.54, 1.807) is 32.2 Å². The molecule has 0 aliphatic rings. The minimum atomic E-state index is -3.81. The normalized spacial score (nSPS) is 12.7. The third kappa shape index (κ3) is 4.33. The number of amides is 1. The van der Waals surface area contributed by atoms with Crippen molar-refractivity contribution in [2.75, 3.05) is 15.9 Å². The smallest absolute Gasteiger partial charge is 0.307 e. The first-order chi connectivity index (χ1) is 13.6. The number of thiazole rings is 1. The van der Waals surface area contributed by atoms with E-state index < -0.39 is 27.8 Å². The summed E-state index contributed by atoms with van der Waals surface area (Å²) in [5.41, 5.74) is 1.40. The van der Waals surface area contributed by atoms with Crippen LogP contribution in [-0.4, -0.2) is 31.2 Å². The lowest BCUT2D eigenvalue weighted by atomic mass is 10.1. The Hall–Kier alpha value is -2.72. The molecule has 0 bridgehead atoms. The maximum atomic E-state index is 13.3. The van der Waals surface area contributed by atoms with E-state index in [4.69, 9.17) is 0 Å². The van der Waals surface area contributed by atoms with Crippen molar-refractivity contribution in [3.05, 3.63) is 57.9 Å². The Morgan fingerprint density at radius 3 is 2.48 bits per heavy atom. The summed E-state index contributed by atoms with van der Waals surface area (Å²) in [7, 11) is -2.14. The SMILES string of the molecule is CC[C@@H](C(=O)Nc1ccc2c(c1)sc(=O)n2C)N(c1ccc(F)cc1)S(C)(=O)=O. The fourth-order valence-corrected chi connectivity index (χ4v) is 5.22. The molecular formula is C19H20FN3O4S2. The average molecular weight is 438 g/mol. The molecule has 0 aliphatic carbocycles. The lowest BCUT2D eigenvalue weighted by Crippen LogP contribution is -2.47. The summed E-state index contributed by atoms with van der Waals surface area (Å²) in [6.45, 7) is 1.69. The molecule has 154 valence electrons. The molecule has 0 fully saturated rings. The van der Waals surface area contributed by atoms with E-state index in [9.17, 15) is 22.4 Å². The molecular weight excluding hydrogens is 417 g/mol. The van der Waals surface area contributed by atoms with Crippen molar-refractivity contribution in [2.45, 2.75) is 19.4 Å². The Kier molecular flexibility index (Phi) is 5.76. The number of nitrogens with one attached hydrogen (secondary N) is 1. The molecule has 7 nitrogen and oxygen atoms in total. The Morgan fingerprint density at radius 1 is 1.24 bits per heavy atom. The zero-order valence-corrected chi connectivity index (χ0v) is 17.7. The standard InChI is InChI=1S/C19H20FN3O4S2/c1-4-15(23(29(3,26)27)14-8-5-12(20)6-9-14)18(24)21-13-7-10-16-17(11-13)28-19(25)22(16)2/h5-11,15H,4H2,1-3H3,(H,21,24)/t15-/m0/s1. The lowest BCUT2D eigenvalue weighted by molar-refractivity contribution is -0.117. The zero-order valence-electron chi connectivity index (χ0n) is 16.0. The second kappa shape index (κ2) is 7.96. The lowest BCUT2D eigenvalue weighted by Gasteiger charge is -2.30. The van der Waals surface area contributed by atoms with Gasteiger partial charge in [-0.2, -0.15) is 0 Å². The van der Waals surface area contributed by atoms with E-state index in [-0.39, 0.29) is 17.0 Å². The summed E-state index contributed by atoms with van der Waals surface area (Å²) in [6.07, 6.45) is 1.21. The number of hydrogen-bond donors (Lipinski definition) is 1. The highest BCUT2D eigenvalue weighted by atomic mass is 32.2. The molecule has 1 atom stereocenters. The summed E-state index contributed by atoms with van der Waals surface area (Å²) in [6, 6.07) is 8.95. The predicted molar refractivity (Wildman–Crippen MR) is 113 cm³/mol. The fourth-order valence-electron chi connectivity index (χ4n) is 3.09. The molecule has 0 saturated heterocycles. The topological polar surface area (TPSA) is 88.5 Å². The molecule has 1 amide bonds. The van der Waals surface area contributed by atoms with E-state index in [2.05, 4.69) is 5.32 Å². The maximum Gasteiger partial charge on any atom is 0.307 e. The van der Waals surface area contributed by atoms with E-state index in [0.717, 1.165) is 39.5 Å². The number of carbonyl (C=O) groups is 1. The minimum Gasteiger partial charge on any atom is -0.324 e. The van der Waals surface area contributed by atoms with Crippen LogP contribution in [0.15, 0.2) is 47.3 Å². The second-order valence-electron chi connectivity index (χ2n) is 6.56. The molecule has 3 rings (SSSR count). The van der Waals surface area contributed by atoms with Gasteiger partial charge >= 0.3 is 4.87 Å². The number of sulfonamides is 1. The Balaban J connectivity index is 1.93. The van der Waals surface area contributed by atoms with Gasteiger partial charge in [0.15, 0.2) is 0 Å². The number of rotatable bonds is 6. The number of carbonyl (C=O) groups excluding carboxylic acids is 1. The number of nitrogens with zero attached hydrogens (tertiary/aromatic N) is 2. The Labute approximate surface area is 171 Å². The van der Waals surface area contributed by atoms with Crippen molar-refractivity contribution in [1.82, 2.24) is 4.57 Å². The van der Waals surface area contributed by atoms with Crippen molar-refractivity contribution in [1.29, 1.82) is 0 Å². The highest BCUT2D eigenvalue weighted by Crippen LogP contribution is 2.25.